The van der Waals surface area contributed by atoms with Crippen molar-refractivity contribution < 1.29 is 24.5 Å². The minimum absolute atomic E-state index is 0.208. The maximum absolute atomic E-state index is 11.1. The lowest BCUT2D eigenvalue weighted by Crippen LogP contribution is -2.36. The van der Waals surface area contributed by atoms with Gasteiger partial charge in [0.2, 0.25) is 6.29 Å². The van der Waals surface area contributed by atoms with E-state index < -0.39 is 25.0 Å². The van der Waals surface area contributed by atoms with Crippen LogP contribution in [-0.2, 0) is 14.3 Å². The van der Waals surface area contributed by atoms with Crippen LogP contribution in [0.4, 0.5) is 0 Å². The summed E-state index contributed by atoms with van der Waals surface area (Å²) in [6.45, 7) is 6.28. The monoisotopic (exact) mass is 204 g/mol. The summed E-state index contributed by atoms with van der Waals surface area (Å²) < 4.78 is 9.66. The number of rotatable bonds is 6. The second-order valence-electron chi connectivity index (χ2n) is 2.76. The van der Waals surface area contributed by atoms with Crippen LogP contribution in [0.3, 0.4) is 0 Å². The number of carbonyl (C=O) groups excluding carboxylic acids is 1. The molecule has 0 saturated heterocycles. The molecule has 0 aromatic heterocycles. The number of hydrogen-bond donors (Lipinski definition) is 2. The Morgan fingerprint density at radius 2 is 2.14 bits per heavy atom. The molecule has 5 nitrogen and oxygen atoms in total. The highest BCUT2D eigenvalue weighted by molar-refractivity contribution is 5.87. The van der Waals surface area contributed by atoms with Crippen molar-refractivity contribution >= 4 is 5.97 Å². The number of aliphatic hydroxyl groups is 2. The van der Waals surface area contributed by atoms with E-state index in [9.17, 15) is 9.90 Å². The van der Waals surface area contributed by atoms with Gasteiger partial charge in [0.1, 0.15) is 6.10 Å². The molecule has 2 unspecified atom stereocenters. The summed E-state index contributed by atoms with van der Waals surface area (Å²) in [6, 6.07) is 0. The molecule has 0 aromatic rings. The molecule has 0 fully saturated rings. The number of hydrogen-bond acceptors (Lipinski definition) is 5. The molecule has 0 bridgehead atoms. The first-order valence-corrected chi connectivity index (χ1v) is 4.29. The highest BCUT2D eigenvalue weighted by Gasteiger charge is 2.23. The van der Waals surface area contributed by atoms with Gasteiger partial charge in [-0.05, 0) is 13.8 Å². The predicted octanol–water partition coefficient (Wildman–Crippen LogP) is -0.178. The zero-order chi connectivity index (χ0) is 11.1. The first kappa shape index (κ1) is 13.1. The molecular formula is C9H16O5. The van der Waals surface area contributed by atoms with Crippen molar-refractivity contribution in [3.8, 4) is 0 Å². The van der Waals surface area contributed by atoms with Crippen LogP contribution in [0.2, 0.25) is 0 Å². The normalized spacial score (nSPS) is 14.6. The third kappa shape index (κ3) is 4.36. The molecule has 0 aliphatic carbocycles. The predicted molar refractivity (Wildman–Crippen MR) is 49.4 cm³/mol. The largest absolute Gasteiger partial charge is 0.429 e. The minimum atomic E-state index is -1.24. The van der Waals surface area contributed by atoms with Crippen LogP contribution >= 0.6 is 0 Å². The second-order valence-corrected chi connectivity index (χ2v) is 2.76. The van der Waals surface area contributed by atoms with Crippen molar-refractivity contribution in [1.82, 2.24) is 0 Å². The molecule has 2 atom stereocenters. The van der Waals surface area contributed by atoms with Gasteiger partial charge in [0.15, 0.2) is 0 Å². The fourth-order valence-corrected chi connectivity index (χ4v) is 0.680. The van der Waals surface area contributed by atoms with E-state index >= 15 is 0 Å². The summed E-state index contributed by atoms with van der Waals surface area (Å²) in [5.74, 6) is -0.657. The molecule has 0 spiro atoms. The quantitative estimate of drug-likeness (QED) is 0.356. The molecule has 5 heteroatoms. The van der Waals surface area contributed by atoms with Gasteiger partial charge < -0.3 is 19.7 Å². The van der Waals surface area contributed by atoms with Gasteiger partial charge in [-0.15, -0.1) is 0 Å². The smallest absolute Gasteiger partial charge is 0.335 e. The summed E-state index contributed by atoms with van der Waals surface area (Å²) in [5.41, 5.74) is 0.208. The lowest BCUT2D eigenvalue weighted by molar-refractivity contribution is -0.202. The molecule has 0 amide bonds. The fourth-order valence-electron chi connectivity index (χ4n) is 0.680. The van der Waals surface area contributed by atoms with E-state index in [0.29, 0.717) is 0 Å². The van der Waals surface area contributed by atoms with E-state index in [4.69, 9.17) is 14.6 Å². The van der Waals surface area contributed by atoms with Crippen molar-refractivity contribution in [3.63, 3.8) is 0 Å². The Bertz CT molecular complexity index is 201. The van der Waals surface area contributed by atoms with Gasteiger partial charge in [-0.1, -0.05) is 6.58 Å². The van der Waals surface area contributed by atoms with Gasteiger partial charge in [0, 0.05) is 12.2 Å². The molecule has 0 aliphatic rings. The van der Waals surface area contributed by atoms with Crippen molar-refractivity contribution in [3.05, 3.63) is 12.2 Å². The molecule has 0 heterocycles. The Labute approximate surface area is 82.9 Å². The van der Waals surface area contributed by atoms with E-state index in [1.54, 1.807) is 6.92 Å². The highest BCUT2D eigenvalue weighted by Crippen LogP contribution is 2.05. The van der Waals surface area contributed by atoms with Crippen LogP contribution in [0.15, 0.2) is 12.2 Å². The summed E-state index contributed by atoms with van der Waals surface area (Å²) in [4.78, 5) is 11.1. The van der Waals surface area contributed by atoms with Gasteiger partial charge in [-0.2, -0.15) is 0 Å². The molecule has 0 saturated carbocycles. The zero-order valence-electron chi connectivity index (χ0n) is 8.40. The van der Waals surface area contributed by atoms with Crippen LogP contribution in [0.1, 0.15) is 13.8 Å². The Morgan fingerprint density at radius 1 is 1.57 bits per heavy atom. The molecule has 0 aliphatic heterocycles. The molecule has 82 valence electrons. The Morgan fingerprint density at radius 3 is 2.50 bits per heavy atom. The van der Waals surface area contributed by atoms with Crippen molar-refractivity contribution in [2.45, 2.75) is 26.2 Å². The first-order valence-electron chi connectivity index (χ1n) is 4.29. The van der Waals surface area contributed by atoms with E-state index in [0.717, 1.165) is 0 Å². The highest BCUT2D eigenvalue weighted by atomic mass is 16.7. The third-order valence-corrected chi connectivity index (χ3v) is 1.40. The topological polar surface area (TPSA) is 76.0 Å². The molecule has 0 radical (unpaired) electrons. The van der Waals surface area contributed by atoms with Crippen LogP contribution in [0.5, 0.6) is 0 Å². The standard InChI is InChI=1S/C9H16O5/c1-4-13-9(7(11)5-10)14-8(12)6(2)3/h7,9-11H,2,4-5H2,1,3H3. The van der Waals surface area contributed by atoms with Gasteiger partial charge in [0.05, 0.1) is 6.61 Å². The molecule has 0 aromatic carbocycles. The lowest BCUT2D eigenvalue weighted by Gasteiger charge is -2.21. The first-order chi connectivity index (χ1) is 6.52. The molecule has 0 rings (SSSR count). The van der Waals surface area contributed by atoms with Crippen LogP contribution in [0, 0.1) is 0 Å². The van der Waals surface area contributed by atoms with Crippen LogP contribution < -0.4 is 0 Å². The van der Waals surface area contributed by atoms with Gasteiger partial charge in [0.25, 0.3) is 0 Å². The van der Waals surface area contributed by atoms with E-state index in [1.807, 2.05) is 0 Å². The third-order valence-electron chi connectivity index (χ3n) is 1.40. The van der Waals surface area contributed by atoms with Gasteiger partial charge in [-0.3, -0.25) is 0 Å². The molecular weight excluding hydrogens is 188 g/mol. The number of esters is 1. The average Bonchev–Trinajstić information content (AvgIpc) is 2.15. The number of carbonyl (C=O) groups is 1. The Balaban J connectivity index is 4.21. The second kappa shape index (κ2) is 6.53. The fraction of sp³-hybridized carbons (Fsp3) is 0.667. The molecule has 14 heavy (non-hydrogen) atoms. The van der Waals surface area contributed by atoms with Crippen molar-refractivity contribution in [1.29, 1.82) is 0 Å². The number of aliphatic hydroxyl groups excluding tert-OH is 2. The number of ether oxygens (including phenoxy) is 2. The summed E-state index contributed by atoms with van der Waals surface area (Å²) in [6.07, 6.45) is -2.38. The minimum Gasteiger partial charge on any atom is -0.429 e. The Kier molecular flexibility index (Phi) is 6.11. The van der Waals surface area contributed by atoms with E-state index in [-0.39, 0.29) is 12.2 Å². The van der Waals surface area contributed by atoms with E-state index in [1.165, 1.54) is 6.92 Å². The molecule has 2 N–H and O–H groups in total. The van der Waals surface area contributed by atoms with Crippen LogP contribution in [0.25, 0.3) is 0 Å². The Hall–Kier alpha value is -0.910. The lowest BCUT2D eigenvalue weighted by atomic mass is 10.3. The van der Waals surface area contributed by atoms with Gasteiger partial charge >= 0.3 is 5.97 Å². The zero-order valence-corrected chi connectivity index (χ0v) is 8.40. The maximum Gasteiger partial charge on any atom is 0.335 e. The SMILES string of the molecule is C=C(C)C(=O)OC(OCC)C(O)CO. The van der Waals surface area contributed by atoms with E-state index in [2.05, 4.69) is 6.58 Å². The van der Waals surface area contributed by atoms with Crippen molar-refractivity contribution in [2.75, 3.05) is 13.2 Å². The average molecular weight is 204 g/mol. The van der Waals surface area contributed by atoms with Gasteiger partial charge in [-0.25, -0.2) is 4.79 Å². The van der Waals surface area contributed by atoms with Crippen molar-refractivity contribution in [2.24, 2.45) is 0 Å². The maximum atomic E-state index is 11.1. The summed E-state index contributed by atoms with van der Waals surface area (Å²) >= 11 is 0. The summed E-state index contributed by atoms with van der Waals surface area (Å²) in [5, 5.41) is 17.8. The summed E-state index contributed by atoms with van der Waals surface area (Å²) in [7, 11) is 0. The van der Waals surface area contributed by atoms with Crippen LogP contribution in [-0.4, -0.2) is 41.8 Å².